The molecule has 2 fully saturated rings. The van der Waals surface area contributed by atoms with Crippen molar-refractivity contribution in [3.8, 4) is 0 Å². The molecule has 3 aromatic rings. The Balaban J connectivity index is 1.35. The van der Waals surface area contributed by atoms with Gasteiger partial charge >= 0.3 is 5.97 Å². The van der Waals surface area contributed by atoms with Gasteiger partial charge in [0.25, 0.3) is 0 Å². The summed E-state index contributed by atoms with van der Waals surface area (Å²) in [5, 5.41) is 21.8. The zero-order valence-electron chi connectivity index (χ0n) is 28.2. The Morgan fingerprint density at radius 1 is 1.07 bits per heavy atom. The predicted molar refractivity (Wildman–Crippen MR) is 183 cm³/mol. The summed E-state index contributed by atoms with van der Waals surface area (Å²) < 4.78 is 1.89. The van der Waals surface area contributed by atoms with E-state index >= 15 is 0 Å². The number of likely N-dealkylation sites (tertiary alicyclic amines) is 1. The quantitative estimate of drug-likeness (QED) is 0.210. The molecule has 3 N–H and O–H groups in total. The minimum atomic E-state index is -0.655. The smallest absolute Gasteiger partial charge is 0.306 e. The van der Waals surface area contributed by atoms with Crippen molar-refractivity contribution in [1.29, 1.82) is 0 Å². The lowest BCUT2D eigenvalue weighted by atomic mass is 9.63. The highest BCUT2D eigenvalue weighted by Crippen LogP contribution is 2.49. The number of carbonyl (C=O) groups is 1. The van der Waals surface area contributed by atoms with E-state index in [0.717, 1.165) is 76.1 Å². The van der Waals surface area contributed by atoms with Gasteiger partial charge in [0.1, 0.15) is 5.82 Å². The van der Waals surface area contributed by atoms with Crippen molar-refractivity contribution >= 4 is 17.7 Å². The van der Waals surface area contributed by atoms with Crippen LogP contribution in [0.25, 0.3) is 0 Å². The van der Waals surface area contributed by atoms with Gasteiger partial charge in [-0.1, -0.05) is 57.5 Å². The van der Waals surface area contributed by atoms with Crippen molar-refractivity contribution in [2.45, 2.75) is 108 Å². The molecular weight excluding hydrogens is 574 g/mol. The highest BCUT2D eigenvalue weighted by atomic mass is 16.4. The third-order valence-electron chi connectivity index (χ3n) is 11.5. The third-order valence-corrected chi connectivity index (χ3v) is 11.5. The lowest BCUT2D eigenvalue weighted by Gasteiger charge is -2.42. The third kappa shape index (κ3) is 6.94. The van der Waals surface area contributed by atoms with Gasteiger partial charge in [-0.3, -0.25) is 9.48 Å². The van der Waals surface area contributed by atoms with Crippen LogP contribution in [-0.2, 0) is 23.7 Å². The lowest BCUT2D eigenvalue weighted by Crippen LogP contribution is -2.38. The molecule has 4 atom stereocenters. The molecule has 0 radical (unpaired) electrons. The van der Waals surface area contributed by atoms with Crippen molar-refractivity contribution in [2.75, 3.05) is 30.3 Å². The number of anilines is 2. The summed E-state index contributed by atoms with van der Waals surface area (Å²) in [6.07, 6.45) is 14.1. The van der Waals surface area contributed by atoms with Gasteiger partial charge in [-0.15, -0.1) is 0 Å². The number of nitrogens with zero attached hydrogens (tertiary/aromatic N) is 5. The first-order valence-corrected chi connectivity index (χ1v) is 17.7. The Bertz CT molecular complexity index is 1460. The monoisotopic (exact) mass is 627 g/mol. The van der Waals surface area contributed by atoms with Crippen LogP contribution < -0.4 is 10.6 Å². The fourth-order valence-electron chi connectivity index (χ4n) is 8.37. The van der Waals surface area contributed by atoms with E-state index in [1.54, 1.807) is 0 Å². The van der Waals surface area contributed by atoms with Crippen molar-refractivity contribution in [3.63, 3.8) is 0 Å². The number of aryl methyl sites for hydroxylation is 2. The second-order valence-corrected chi connectivity index (χ2v) is 14.4. The molecule has 248 valence electrons. The second-order valence-electron chi connectivity index (χ2n) is 14.4. The molecule has 0 unspecified atom stereocenters. The van der Waals surface area contributed by atoms with Crippen LogP contribution >= 0.6 is 0 Å². The van der Waals surface area contributed by atoms with Gasteiger partial charge < -0.3 is 20.6 Å². The van der Waals surface area contributed by atoms with Crippen LogP contribution in [-0.4, -0.2) is 61.4 Å². The number of nitrogens with one attached hydrogen (secondary N) is 2. The van der Waals surface area contributed by atoms with E-state index in [-0.39, 0.29) is 29.3 Å². The number of hydrogen-bond donors (Lipinski definition) is 3. The van der Waals surface area contributed by atoms with E-state index in [2.05, 4.69) is 77.9 Å². The lowest BCUT2D eigenvalue weighted by molar-refractivity contribution is -0.143. The molecule has 2 aromatic heterocycles. The summed E-state index contributed by atoms with van der Waals surface area (Å²) in [6.45, 7) is 10.1. The van der Waals surface area contributed by atoms with Crippen molar-refractivity contribution in [1.82, 2.24) is 24.6 Å². The maximum Gasteiger partial charge on any atom is 0.306 e. The van der Waals surface area contributed by atoms with Gasteiger partial charge in [0.05, 0.1) is 23.9 Å². The minimum Gasteiger partial charge on any atom is -0.481 e. The Hall–Kier alpha value is -3.46. The molecule has 46 heavy (non-hydrogen) atoms. The van der Waals surface area contributed by atoms with E-state index in [0.29, 0.717) is 11.9 Å². The Kier molecular flexibility index (Phi) is 9.97. The molecule has 9 heteroatoms. The zero-order valence-corrected chi connectivity index (χ0v) is 28.2. The first kappa shape index (κ1) is 32.5. The molecule has 2 aliphatic carbocycles. The Morgan fingerprint density at radius 3 is 2.46 bits per heavy atom. The number of carboxylic acids is 1. The number of piperidine rings is 1. The fraction of sp³-hybridized carbons (Fsp3) is 0.622. The summed E-state index contributed by atoms with van der Waals surface area (Å²) in [4.78, 5) is 24.7. The van der Waals surface area contributed by atoms with E-state index in [4.69, 9.17) is 9.97 Å². The molecule has 1 aromatic carbocycles. The highest BCUT2D eigenvalue weighted by Gasteiger charge is 2.41. The summed E-state index contributed by atoms with van der Waals surface area (Å²) >= 11 is 0. The molecule has 0 amide bonds. The average molecular weight is 628 g/mol. The van der Waals surface area contributed by atoms with Crippen LogP contribution in [0.3, 0.4) is 0 Å². The summed E-state index contributed by atoms with van der Waals surface area (Å²) in [5.74, 6) is 1.38. The second kappa shape index (κ2) is 14.1. The average Bonchev–Trinajstić information content (AvgIpc) is 3.52. The van der Waals surface area contributed by atoms with Gasteiger partial charge in [-0.2, -0.15) is 10.1 Å². The van der Waals surface area contributed by atoms with Gasteiger partial charge in [0, 0.05) is 37.0 Å². The summed E-state index contributed by atoms with van der Waals surface area (Å²) in [6, 6.07) is 11.2. The summed E-state index contributed by atoms with van der Waals surface area (Å²) in [7, 11) is 1.98. The van der Waals surface area contributed by atoms with Crippen LogP contribution in [0.4, 0.5) is 11.8 Å². The number of fused-ring (bicyclic) bond motifs is 1. The number of aromatic nitrogens is 4. The van der Waals surface area contributed by atoms with Crippen LogP contribution in [0, 0.1) is 11.8 Å². The fourth-order valence-corrected chi connectivity index (χ4v) is 8.37. The van der Waals surface area contributed by atoms with E-state index in [1.807, 2.05) is 17.9 Å². The maximum atomic E-state index is 11.6. The molecule has 0 spiro atoms. The van der Waals surface area contributed by atoms with Crippen molar-refractivity contribution < 1.29 is 9.90 Å². The van der Waals surface area contributed by atoms with Crippen molar-refractivity contribution in [2.24, 2.45) is 18.9 Å². The molecule has 3 heterocycles. The molecule has 1 saturated heterocycles. The van der Waals surface area contributed by atoms with E-state index in [9.17, 15) is 9.90 Å². The van der Waals surface area contributed by atoms with Crippen LogP contribution in [0.1, 0.15) is 113 Å². The van der Waals surface area contributed by atoms with Gasteiger partial charge in [-0.25, -0.2) is 4.98 Å². The number of benzene rings is 1. The van der Waals surface area contributed by atoms with Gasteiger partial charge in [-0.05, 0) is 93.7 Å². The van der Waals surface area contributed by atoms with Crippen LogP contribution in [0.2, 0.25) is 0 Å². The largest absolute Gasteiger partial charge is 0.481 e. The first-order chi connectivity index (χ1) is 22.2. The Morgan fingerprint density at radius 2 is 1.80 bits per heavy atom. The number of rotatable bonds is 11. The molecule has 1 saturated carbocycles. The number of carboxylic acid groups (broad SMARTS) is 1. The summed E-state index contributed by atoms with van der Waals surface area (Å²) in [5.41, 5.74) is 4.86. The molecule has 3 aliphatic rings. The first-order valence-electron chi connectivity index (χ1n) is 17.7. The van der Waals surface area contributed by atoms with Crippen molar-refractivity contribution in [3.05, 3.63) is 65.1 Å². The number of aliphatic carboxylic acids is 1. The SMILES string of the molecule is CC[C@@H](Nc1nc2c(c(N[C@@H](CN3CCCCC3)c3cnn(C)c3)n1)[C@H](C)[C@](C)(c1ccccc1)CC2)C1CCC(C(=O)O)CC1. The van der Waals surface area contributed by atoms with Gasteiger partial charge in [0.15, 0.2) is 0 Å². The van der Waals surface area contributed by atoms with E-state index in [1.165, 1.54) is 36.0 Å². The van der Waals surface area contributed by atoms with Crippen LogP contribution in [0.5, 0.6) is 0 Å². The predicted octanol–water partition coefficient (Wildman–Crippen LogP) is 6.94. The highest BCUT2D eigenvalue weighted by molar-refractivity contribution is 5.70. The Labute approximate surface area is 274 Å². The normalized spacial score (nSPS) is 26.6. The van der Waals surface area contributed by atoms with E-state index < -0.39 is 5.97 Å². The molecule has 6 rings (SSSR count). The zero-order chi connectivity index (χ0) is 32.3. The maximum absolute atomic E-state index is 11.6. The topological polar surface area (TPSA) is 108 Å². The molecule has 1 aliphatic heterocycles. The molecule has 0 bridgehead atoms. The molecule has 9 nitrogen and oxygen atoms in total. The van der Waals surface area contributed by atoms with Crippen LogP contribution in [0.15, 0.2) is 42.7 Å². The number of hydrogen-bond acceptors (Lipinski definition) is 7. The standard InChI is InChI=1S/C37H53N7O2/c1-5-30(26-14-16-27(17-15-26)35(45)46)40-36-41-31-18-19-37(3,29-12-8-6-9-13-29)25(2)33(31)34(42-36)39-32(28-22-38-43(4)23-28)24-44-20-10-7-11-21-44/h6,8-9,12-13,22-23,25-27,30,32H,5,7,10-11,14-21,24H2,1-4H3,(H,45,46)(H2,39,40,41,42)/t25-,26?,27?,30+,32-,37+/m0/s1. The van der Waals surface area contributed by atoms with Gasteiger partial charge in [0.2, 0.25) is 5.95 Å². The minimum absolute atomic E-state index is 0.0333. The molecular formula is C37H53N7O2.